The Labute approximate surface area is 180 Å². The van der Waals surface area contributed by atoms with Crippen LogP contribution in [0.15, 0.2) is 60.7 Å². The summed E-state index contributed by atoms with van der Waals surface area (Å²) < 4.78 is 14.1. The third-order valence-corrected chi connectivity index (χ3v) is 5.56. The van der Waals surface area contributed by atoms with Gasteiger partial charge in [-0.25, -0.2) is 4.39 Å². The molecule has 0 saturated heterocycles. The van der Waals surface area contributed by atoms with Gasteiger partial charge >= 0.3 is 0 Å². The van der Waals surface area contributed by atoms with Crippen LogP contribution in [0.1, 0.15) is 32.7 Å². The average Bonchev–Trinajstić information content (AvgIpc) is 3.14. The number of rotatable bonds is 5. The van der Waals surface area contributed by atoms with Crippen LogP contribution in [0.25, 0.3) is 22.0 Å². The van der Waals surface area contributed by atoms with Crippen molar-refractivity contribution in [2.75, 3.05) is 6.54 Å². The first-order valence-corrected chi connectivity index (χ1v) is 10.1. The van der Waals surface area contributed by atoms with Gasteiger partial charge < -0.3 is 10.3 Å². The van der Waals surface area contributed by atoms with E-state index in [0.717, 1.165) is 33.3 Å². The number of carbonyl (C=O) groups excluding carboxylic acids is 1. The summed E-state index contributed by atoms with van der Waals surface area (Å²) in [7, 11) is 0. The normalized spacial score (nSPS) is 10.8. The second kappa shape index (κ2) is 8.45. The molecule has 154 valence electrons. The number of H-pyrrole nitrogens is 1. The SMILES string of the molecule is Cc1[nH]c2c(F)ccc(C)c2c1CCNC(=O)c1ccc(-c2cccc(C#N)c2)cc1. The largest absolute Gasteiger partial charge is 0.356 e. The van der Waals surface area contributed by atoms with E-state index < -0.39 is 0 Å². The highest BCUT2D eigenvalue weighted by Gasteiger charge is 2.14. The van der Waals surface area contributed by atoms with Gasteiger partial charge in [-0.05, 0) is 72.9 Å². The number of aromatic amines is 1. The predicted molar refractivity (Wildman–Crippen MR) is 120 cm³/mol. The quantitative estimate of drug-likeness (QED) is 0.459. The van der Waals surface area contributed by atoms with Crippen molar-refractivity contribution in [3.63, 3.8) is 0 Å². The maximum Gasteiger partial charge on any atom is 0.251 e. The minimum atomic E-state index is -0.264. The lowest BCUT2D eigenvalue weighted by Gasteiger charge is -2.08. The number of amides is 1. The summed E-state index contributed by atoms with van der Waals surface area (Å²) in [6, 6.07) is 20.1. The molecule has 4 aromatic rings. The molecule has 1 aromatic heterocycles. The lowest BCUT2D eigenvalue weighted by Crippen LogP contribution is -2.25. The van der Waals surface area contributed by atoms with Gasteiger partial charge in [0.25, 0.3) is 5.91 Å². The van der Waals surface area contributed by atoms with Gasteiger partial charge in [-0.2, -0.15) is 5.26 Å². The lowest BCUT2D eigenvalue weighted by molar-refractivity contribution is 0.0954. The van der Waals surface area contributed by atoms with Crippen molar-refractivity contribution in [3.8, 4) is 17.2 Å². The van der Waals surface area contributed by atoms with Crippen molar-refractivity contribution in [1.29, 1.82) is 5.26 Å². The van der Waals surface area contributed by atoms with E-state index in [1.807, 2.05) is 44.2 Å². The molecule has 0 aliphatic carbocycles. The number of nitrogens with one attached hydrogen (secondary N) is 2. The number of nitriles is 1. The third kappa shape index (κ3) is 4.06. The molecule has 2 N–H and O–H groups in total. The van der Waals surface area contributed by atoms with Gasteiger partial charge in [0.1, 0.15) is 5.82 Å². The highest BCUT2D eigenvalue weighted by molar-refractivity contribution is 5.95. The topological polar surface area (TPSA) is 68.7 Å². The minimum Gasteiger partial charge on any atom is -0.356 e. The van der Waals surface area contributed by atoms with Crippen molar-refractivity contribution < 1.29 is 9.18 Å². The van der Waals surface area contributed by atoms with E-state index in [9.17, 15) is 9.18 Å². The molecule has 0 saturated carbocycles. The first kappa shape index (κ1) is 20.4. The van der Waals surface area contributed by atoms with Crippen molar-refractivity contribution in [2.24, 2.45) is 0 Å². The van der Waals surface area contributed by atoms with E-state index in [4.69, 9.17) is 5.26 Å². The molecule has 0 aliphatic heterocycles. The Hall–Kier alpha value is -3.91. The molecule has 4 nitrogen and oxygen atoms in total. The van der Waals surface area contributed by atoms with Crippen molar-refractivity contribution in [2.45, 2.75) is 20.3 Å². The molecule has 31 heavy (non-hydrogen) atoms. The van der Waals surface area contributed by atoms with E-state index >= 15 is 0 Å². The Morgan fingerprint density at radius 2 is 1.84 bits per heavy atom. The number of aromatic nitrogens is 1. The fourth-order valence-electron chi connectivity index (χ4n) is 3.94. The molecule has 0 aliphatic rings. The molecule has 0 bridgehead atoms. The standard InChI is InChI=1S/C26H22FN3O/c1-16-6-11-23(27)25-24(16)22(17(2)30-25)12-13-29-26(31)20-9-7-19(8-10-20)21-5-3-4-18(14-21)15-28/h3-11,14,30H,12-13H2,1-2H3,(H,29,31). The van der Waals surface area contributed by atoms with Crippen LogP contribution < -0.4 is 5.32 Å². The van der Waals surface area contributed by atoms with E-state index in [-0.39, 0.29) is 11.7 Å². The zero-order valence-corrected chi connectivity index (χ0v) is 17.4. The van der Waals surface area contributed by atoms with Gasteiger partial charge in [-0.15, -0.1) is 0 Å². The zero-order valence-electron chi connectivity index (χ0n) is 17.4. The Balaban J connectivity index is 1.44. The van der Waals surface area contributed by atoms with Gasteiger partial charge in [0.2, 0.25) is 0 Å². The molecule has 5 heteroatoms. The van der Waals surface area contributed by atoms with Gasteiger partial charge in [-0.3, -0.25) is 4.79 Å². The fourth-order valence-corrected chi connectivity index (χ4v) is 3.94. The summed E-state index contributed by atoms with van der Waals surface area (Å²) in [5.41, 5.74) is 6.53. The molecular weight excluding hydrogens is 389 g/mol. The number of fused-ring (bicyclic) bond motifs is 1. The molecule has 1 amide bonds. The van der Waals surface area contributed by atoms with E-state index in [0.29, 0.717) is 29.6 Å². The molecule has 0 radical (unpaired) electrons. The van der Waals surface area contributed by atoms with Crippen molar-refractivity contribution in [3.05, 3.63) is 94.4 Å². The Kier molecular flexibility index (Phi) is 5.55. The van der Waals surface area contributed by atoms with Crippen LogP contribution in [0, 0.1) is 31.0 Å². The number of aryl methyl sites for hydroxylation is 2. The first-order valence-electron chi connectivity index (χ1n) is 10.1. The summed E-state index contributed by atoms with van der Waals surface area (Å²) in [5.74, 6) is -0.419. The monoisotopic (exact) mass is 411 g/mol. The van der Waals surface area contributed by atoms with Gasteiger partial charge in [0.15, 0.2) is 0 Å². The summed E-state index contributed by atoms with van der Waals surface area (Å²) in [4.78, 5) is 15.7. The van der Waals surface area contributed by atoms with Crippen molar-refractivity contribution in [1.82, 2.24) is 10.3 Å². The number of hydrogen-bond acceptors (Lipinski definition) is 2. The van der Waals surface area contributed by atoms with Crippen LogP contribution in [0.3, 0.4) is 0 Å². The molecule has 0 unspecified atom stereocenters. The average molecular weight is 411 g/mol. The number of carbonyl (C=O) groups is 1. The maximum atomic E-state index is 14.1. The Morgan fingerprint density at radius 3 is 2.58 bits per heavy atom. The molecule has 0 spiro atoms. The predicted octanol–water partition coefficient (Wildman–Crippen LogP) is 5.44. The van der Waals surface area contributed by atoms with Gasteiger partial charge in [0.05, 0.1) is 17.1 Å². The van der Waals surface area contributed by atoms with Crippen LogP contribution in [-0.4, -0.2) is 17.4 Å². The smallest absolute Gasteiger partial charge is 0.251 e. The van der Waals surface area contributed by atoms with Gasteiger partial charge in [-0.1, -0.05) is 30.3 Å². The van der Waals surface area contributed by atoms with Crippen LogP contribution in [-0.2, 0) is 6.42 Å². The lowest BCUT2D eigenvalue weighted by atomic mass is 10.0. The molecule has 0 fully saturated rings. The molecule has 0 atom stereocenters. The van der Waals surface area contributed by atoms with E-state index in [2.05, 4.69) is 16.4 Å². The molecular formula is C26H22FN3O. The summed E-state index contributed by atoms with van der Waals surface area (Å²) in [6.07, 6.45) is 0.612. The zero-order chi connectivity index (χ0) is 22.0. The van der Waals surface area contributed by atoms with Crippen LogP contribution in [0.5, 0.6) is 0 Å². The number of benzene rings is 3. The highest BCUT2D eigenvalue weighted by Crippen LogP contribution is 2.28. The second-order valence-electron chi connectivity index (χ2n) is 7.62. The first-order chi connectivity index (χ1) is 15.0. The summed E-state index contributed by atoms with van der Waals surface area (Å²) >= 11 is 0. The summed E-state index contributed by atoms with van der Waals surface area (Å²) in [5, 5.41) is 12.9. The maximum absolute atomic E-state index is 14.1. The molecule has 3 aromatic carbocycles. The van der Waals surface area contributed by atoms with Crippen LogP contribution in [0.4, 0.5) is 4.39 Å². The van der Waals surface area contributed by atoms with Crippen LogP contribution in [0.2, 0.25) is 0 Å². The minimum absolute atomic E-state index is 0.155. The number of nitrogens with zero attached hydrogens (tertiary/aromatic N) is 1. The van der Waals surface area contributed by atoms with Gasteiger partial charge in [0, 0.05) is 23.2 Å². The number of hydrogen-bond donors (Lipinski definition) is 2. The summed E-state index contributed by atoms with van der Waals surface area (Å²) in [6.45, 7) is 4.34. The highest BCUT2D eigenvalue weighted by atomic mass is 19.1. The number of halogens is 1. The van der Waals surface area contributed by atoms with Crippen molar-refractivity contribution >= 4 is 16.8 Å². The van der Waals surface area contributed by atoms with E-state index in [1.54, 1.807) is 24.3 Å². The second-order valence-corrected chi connectivity index (χ2v) is 7.62. The van der Waals surface area contributed by atoms with E-state index in [1.165, 1.54) is 6.07 Å². The third-order valence-electron chi connectivity index (χ3n) is 5.56. The fraction of sp³-hybridized carbons (Fsp3) is 0.154. The Bertz CT molecular complexity index is 1310. The molecule has 4 rings (SSSR count). The van der Waals surface area contributed by atoms with Crippen LogP contribution >= 0.6 is 0 Å². The Morgan fingerprint density at radius 1 is 1.06 bits per heavy atom. The molecule has 1 heterocycles.